The van der Waals surface area contributed by atoms with Crippen molar-refractivity contribution in [2.75, 3.05) is 0 Å². The van der Waals surface area contributed by atoms with Gasteiger partial charge in [-0.3, -0.25) is 9.48 Å². The van der Waals surface area contributed by atoms with Crippen LogP contribution in [0.1, 0.15) is 17.5 Å². The van der Waals surface area contributed by atoms with E-state index in [9.17, 15) is 4.79 Å². The first-order valence-corrected chi connectivity index (χ1v) is 5.98. The molecule has 0 bridgehead atoms. The Hall–Kier alpha value is -1.56. The summed E-state index contributed by atoms with van der Waals surface area (Å²) in [5, 5.41) is 6.91. The number of carbonyl (C=O) groups excluding carboxylic acids is 1. The van der Waals surface area contributed by atoms with E-state index in [-0.39, 0.29) is 11.9 Å². The second-order valence-corrected chi connectivity index (χ2v) is 4.49. The molecule has 0 radical (unpaired) electrons. The normalized spacial score (nSPS) is 12.4. The summed E-state index contributed by atoms with van der Waals surface area (Å²) in [4.78, 5) is 11.7. The Kier molecular flexibility index (Phi) is 3.63. The van der Waals surface area contributed by atoms with Crippen molar-refractivity contribution in [1.82, 2.24) is 15.1 Å². The minimum atomic E-state index is -0.227. The Morgan fingerprint density at radius 1 is 1.65 bits per heavy atom. The summed E-state index contributed by atoms with van der Waals surface area (Å²) in [6.45, 7) is 2.54. The highest BCUT2D eigenvalue weighted by Crippen LogP contribution is 2.13. The van der Waals surface area contributed by atoms with E-state index in [0.29, 0.717) is 17.0 Å². The molecule has 0 saturated carbocycles. The van der Waals surface area contributed by atoms with Crippen LogP contribution in [0.25, 0.3) is 0 Å². The standard InChI is InChI=1S/C11H12BrN3O2/c1-8(7-15-6-2-5-13-15)14-11(16)9-3-4-10(12)17-9/h2-6,8H,7H2,1H3,(H,14,16). The maximum absolute atomic E-state index is 11.7. The van der Waals surface area contributed by atoms with Crippen molar-refractivity contribution >= 4 is 21.8 Å². The van der Waals surface area contributed by atoms with Gasteiger partial charge in [0, 0.05) is 18.4 Å². The van der Waals surface area contributed by atoms with E-state index in [1.54, 1.807) is 23.0 Å². The van der Waals surface area contributed by atoms with Crippen LogP contribution in [0.5, 0.6) is 0 Å². The second kappa shape index (κ2) is 5.18. The molecule has 2 heterocycles. The Labute approximate surface area is 107 Å². The predicted octanol–water partition coefficient (Wildman–Crippen LogP) is 2.06. The summed E-state index contributed by atoms with van der Waals surface area (Å²) in [7, 11) is 0. The van der Waals surface area contributed by atoms with Crippen LogP contribution in [-0.4, -0.2) is 21.7 Å². The van der Waals surface area contributed by atoms with Crippen molar-refractivity contribution in [1.29, 1.82) is 0 Å². The van der Waals surface area contributed by atoms with Crippen LogP contribution in [0.3, 0.4) is 0 Å². The maximum atomic E-state index is 11.7. The molecule has 0 aromatic carbocycles. The fraction of sp³-hybridized carbons (Fsp3) is 0.273. The van der Waals surface area contributed by atoms with Gasteiger partial charge in [-0.2, -0.15) is 5.10 Å². The molecule has 6 heteroatoms. The van der Waals surface area contributed by atoms with E-state index in [4.69, 9.17) is 4.42 Å². The average molecular weight is 298 g/mol. The quantitative estimate of drug-likeness (QED) is 0.940. The zero-order chi connectivity index (χ0) is 12.3. The highest BCUT2D eigenvalue weighted by atomic mass is 79.9. The van der Waals surface area contributed by atoms with Crippen LogP contribution in [0, 0.1) is 0 Å². The van der Waals surface area contributed by atoms with E-state index >= 15 is 0 Å². The lowest BCUT2D eigenvalue weighted by Crippen LogP contribution is -2.35. The third-order valence-corrected chi connectivity index (χ3v) is 2.62. The van der Waals surface area contributed by atoms with Crippen molar-refractivity contribution in [3.8, 4) is 0 Å². The number of amides is 1. The summed E-state index contributed by atoms with van der Waals surface area (Å²) in [5.74, 6) is 0.0690. The predicted molar refractivity (Wildman–Crippen MR) is 65.6 cm³/mol. The molecular formula is C11H12BrN3O2. The van der Waals surface area contributed by atoms with E-state index in [0.717, 1.165) is 0 Å². The first-order valence-electron chi connectivity index (χ1n) is 5.19. The third-order valence-electron chi connectivity index (χ3n) is 2.19. The summed E-state index contributed by atoms with van der Waals surface area (Å²) >= 11 is 3.15. The first kappa shape index (κ1) is 11.9. The van der Waals surface area contributed by atoms with Gasteiger partial charge in [-0.05, 0) is 41.1 Å². The van der Waals surface area contributed by atoms with E-state index in [2.05, 4.69) is 26.3 Å². The summed E-state index contributed by atoms with van der Waals surface area (Å²) in [5.41, 5.74) is 0. The molecule has 5 nitrogen and oxygen atoms in total. The number of hydrogen-bond acceptors (Lipinski definition) is 3. The first-order chi connectivity index (χ1) is 8.15. The highest BCUT2D eigenvalue weighted by Gasteiger charge is 2.13. The molecule has 1 amide bonds. The number of furan rings is 1. The van der Waals surface area contributed by atoms with Gasteiger partial charge < -0.3 is 9.73 Å². The molecule has 1 N–H and O–H groups in total. The number of nitrogens with one attached hydrogen (secondary N) is 1. The lowest BCUT2D eigenvalue weighted by Gasteiger charge is -2.12. The fourth-order valence-corrected chi connectivity index (χ4v) is 1.77. The van der Waals surface area contributed by atoms with Crippen LogP contribution in [-0.2, 0) is 6.54 Å². The van der Waals surface area contributed by atoms with Crippen LogP contribution in [0.4, 0.5) is 0 Å². The molecule has 2 rings (SSSR count). The van der Waals surface area contributed by atoms with Gasteiger partial charge in [0.25, 0.3) is 5.91 Å². The molecule has 17 heavy (non-hydrogen) atoms. The van der Waals surface area contributed by atoms with Crippen LogP contribution in [0.15, 0.2) is 39.7 Å². The van der Waals surface area contributed by atoms with Crippen LogP contribution in [0.2, 0.25) is 0 Å². The maximum Gasteiger partial charge on any atom is 0.287 e. The molecule has 0 aliphatic rings. The van der Waals surface area contributed by atoms with E-state index in [1.165, 1.54) is 0 Å². The smallest absolute Gasteiger partial charge is 0.287 e. The number of halogens is 1. The van der Waals surface area contributed by atoms with Gasteiger partial charge in [0.15, 0.2) is 10.4 Å². The molecule has 0 fully saturated rings. The summed E-state index contributed by atoms with van der Waals surface area (Å²) in [6.07, 6.45) is 3.56. The van der Waals surface area contributed by atoms with Crippen LogP contribution >= 0.6 is 15.9 Å². The number of hydrogen-bond donors (Lipinski definition) is 1. The van der Waals surface area contributed by atoms with Crippen molar-refractivity contribution < 1.29 is 9.21 Å². The van der Waals surface area contributed by atoms with E-state index < -0.39 is 0 Å². The van der Waals surface area contributed by atoms with Gasteiger partial charge >= 0.3 is 0 Å². The molecule has 1 unspecified atom stereocenters. The molecule has 0 aliphatic heterocycles. The molecule has 2 aromatic rings. The molecule has 90 valence electrons. The van der Waals surface area contributed by atoms with Gasteiger partial charge in [0.2, 0.25) is 0 Å². The Balaban J connectivity index is 1.90. The van der Waals surface area contributed by atoms with Crippen molar-refractivity contribution in [2.45, 2.75) is 19.5 Å². The number of aromatic nitrogens is 2. The third kappa shape index (κ3) is 3.20. The zero-order valence-corrected chi connectivity index (χ0v) is 10.8. The molecule has 1 atom stereocenters. The molecule has 0 saturated heterocycles. The molecular weight excluding hydrogens is 286 g/mol. The second-order valence-electron chi connectivity index (χ2n) is 3.71. The lowest BCUT2D eigenvalue weighted by atomic mass is 10.3. The largest absolute Gasteiger partial charge is 0.444 e. The number of carbonyl (C=O) groups is 1. The van der Waals surface area contributed by atoms with Crippen molar-refractivity contribution in [3.63, 3.8) is 0 Å². The van der Waals surface area contributed by atoms with E-state index in [1.807, 2.05) is 19.2 Å². The van der Waals surface area contributed by atoms with Crippen molar-refractivity contribution in [2.24, 2.45) is 0 Å². The minimum Gasteiger partial charge on any atom is -0.444 e. The van der Waals surface area contributed by atoms with Gasteiger partial charge in [0.1, 0.15) is 0 Å². The fourth-order valence-electron chi connectivity index (χ4n) is 1.47. The Bertz CT molecular complexity index is 493. The Morgan fingerprint density at radius 3 is 3.06 bits per heavy atom. The van der Waals surface area contributed by atoms with Gasteiger partial charge in [0.05, 0.1) is 6.54 Å². The van der Waals surface area contributed by atoms with Gasteiger partial charge in [-0.1, -0.05) is 0 Å². The Morgan fingerprint density at radius 2 is 2.47 bits per heavy atom. The number of rotatable bonds is 4. The number of nitrogens with zero attached hydrogens (tertiary/aromatic N) is 2. The highest BCUT2D eigenvalue weighted by molar-refractivity contribution is 9.10. The molecule has 0 spiro atoms. The zero-order valence-electron chi connectivity index (χ0n) is 9.26. The monoisotopic (exact) mass is 297 g/mol. The van der Waals surface area contributed by atoms with Crippen molar-refractivity contribution in [3.05, 3.63) is 41.0 Å². The lowest BCUT2D eigenvalue weighted by molar-refractivity contribution is 0.0906. The minimum absolute atomic E-state index is 0.0220. The van der Waals surface area contributed by atoms with Gasteiger partial charge in [-0.15, -0.1) is 0 Å². The summed E-state index contributed by atoms with van der Waals surface area (Å²) in [6, 6.07) is 5.14. The topological polar surface area (TPSA) is 60.1 Å². The SMILES string of the molecule is CC(Cn1cccn1)NC(=O)c1ccc(Br)o1. The van der Waals surface area contributed by atoms with Gasteiger partial charge in [-0.25, -0.2) is 0 Å². The summed E-state index contributed by atoms with van der Waals surface area (Å²) < 4.78 is 7.47. The molecule has 2 aromatic heterocycles. The van der Waals surface area contributed by atoms with Crippen LogP contribution < -0.4 is 5.32 Å². The molecule has 0 aliphatic carbocycles. The average Bonchev–Trinajstić information content (AvgIpc) is 2.89.